The average Bonchev–Trinajstić information content (AvgIpc) is 1.65. The first-order valence-corrected chi connectivity index (χ1v) is 43.8. The normalized spacial score (nSPS) is 12.2. The maximum absolute atomic E-state index is 6.61. The van der Waals surface area contributed by atoms with Crippen LogP contribution in [0.15, 0.2) is 433 Å². The summed E-state index contributed by atoms with van der Waals surface area (Å²) >= 11 is 0. The second-order valence-electron chi connectivity index (χ2n) is 33.8. The van der Waals surface area contributed by atoms with Crippen LogP contribution in [-0.4, -0.2) is 23.8 Å². The summed E-state index contributed by atoms with van der Waals surface area (Å²) in [4.78, 5) is 14.7. The van der Waals surface area contributed by atoms with Crippen LogP contribution in [0.25, 0.3) is 286 Å². The van der Waals surface area contributed by atoms with E-state index in [0.29, 0.717) is 0 Å². The van der Waals surface area contributed by atoms with E-state index >= 15 is 0 Å². The van der Waals surface area contributed by atoms with Gasteiger partial charge in [0, 0.05) is 115 Å². The van der Waals surface area contributed by atoms with Crippen LogP contribution in [0, 0.1) is 0 Å². The van der Waals surface area contributed by atoms with Crippen molar-refractivity contribution in [2.24, 2.45) is 0 Å². The Morgan fingerprint density at radius 1 is 0.185 bits per heavy atom. The Labute approximate surface area is 738 Å². The van der Waals surface area contributed by atoms with Gasteiger partial charge in [0.1, 0.15) is 78.3 Å². The number of benzene rings is 19. The zero-order valence-electron chi connectivity index (χ0n) is 69.4. The van der Waals surface area contributed by atoms with Gasteiger partial charge in [0.15, 0.2) is 0 Å². The molecule has 11 nitrogen and oxygen atoms in total. The topological polar surface area (TPSA) is 126 Å². The average molecular weight is 1660 g/mol. The van der Waals surface area contributed by atoms with Gasteiger partial charge >= 0.3 is 0 Å². The number of hydrogen-bond acceptors (Lipinski definition) is 9. The van der Waals surface area contributed by atoms with E-state index in [4.69, 9.17) is 36.5 Å². The van der Waals surface area contributed by atoms with E-state index in [2.05, 4.69) is 323 Å². The predicted octanol–water partition coefficient (Wildman–Crippen LogP) is 33.2. The van der Waals surface area contributed by atoms with Crippen molar-refractivity contribution in [3.05, 3.63) is 407 Å². The molecule has 0 saturated heterocycles. The lowest BCUT2D eigenvalue weighted by molar-refractivity contribution is 0.664. The number of para-hydroxylation sites is 10. The molecule has 0 N–H and O–H groups in total. The molecule has 0 saturated carbocycles. The van der Waals surface area contributed by atoms with Crippen molar-refractivity contribution < 1.29 is 26.5 Å². The number of fused-ring (bicyclic) bond motifs is 39. The van der Waals surface area contributed by atoms with E-state index in [1.54, 1.807) is 0 Å². The molecule has 11 aromatic heterocycles. The summed E-state index contributed by atoms with van der Waals surface area (Å²) in [6, 6.07) is 140. The Balaban J connectivity index is 0.000000101. The lowest BCUT2D eigenvalue weighted by atomic mass is 9.95. The number of rotatable bonds is 6. The van der Waals surface area contributed by atoms with Gasteiger partial charge in [-0.1, -0.05) is 297 Å². The number of aromatic nitrogens is 5. The molecular formula is C119H67N5O6. The molecule has 19 aromatic carbocycles. The molecule has 30 aromatic rings. The fourth-order valence-corrected chi connectivity index (χ4v) is 20.8. The maximum atomic E-state index is 6.61. The largest absolute Gasteiger partial charge is 0.456 e. The zero-order chi connectivity index (χ0) is 84.9. The molecule has 0 atom stereocenters. The first-order chi connectivity index (χ1) is 64.4. The Bertz CT molecular complexity index is 10000. The number of imidazole rings is 2. The van der Waals surface area contributed by atoms with E-state index in [0.717, 1.165) is 248 Å². The third-order valence-corrected chi connectivity index (χ3v) is 26.7. The summed E-state index contributed by atoms with van der Waals surface area (Å²) in [5.74, 6) is 0. The Kier molecular flexibility index (Phi) is 15.4. The fraction of sp³-hybridized carbons (Fsp3) is 0. The van der Waals surface area contributed by atoms with Crippen LogP contribution in [-0.2, 0) is 0 Å². The van der Waals surface area contributed by atoms with Gasteiger partial charge in [0.25, 0.3) is 0 Å². The van der Waals surface area contributed by atoms with Crippen molar-refractivity contribution in [3.63, 3.8) is 0 Å². The van der Waals surface area contributed by atoms with Crippen molar-refractivity contribution in [1.29, 1.82) is 0 Å². The molecule has 130 heavy (non-hydrogen) atoms. The molecule has 0 unspecified atom stereocenters. The van der Waals surface area contributed by atoms with Crippen LogP contribution in [0.4, 0.5) is 0 Å². The summed E-state index contributed by atoms with van der Waals surface area (Å²) in [5.41, 5.74) is 31.9. The van der Waals surface area contributed by atoms with E-state index in [1.807, 2.05) is 97.2 Å². The van der Waals surface area contributed by atoms with Gasteiger partial charge in [0.05, 0.1) is 38.8 Å². The summed E-state index contributed by atoms with van der Waals surface area (Å²) in [5, 5.41) is 22.8. The van der Waals surface area contributed by atoms with Gasteiger partial charge in [-0.2, -0.15) is 0 Å². The minimum Gasteiger partial charge on any atom is -0.456 e. The molecule has 604 valence electrons. The molecular weight excluding hydrogens is 1600 g/mol. The lowest BCUT2D eigenvalue weighted by Gasteiger charge is -2.13. The van der Waals surface area contributed by atoms with Gasteiger partial charge in [-0.15, -0.1) is 0 Å². The quantitative estimate of drug-likeness (QED) is 0.150. The van der Waals surface area contributed by atoms with E-state index < -0.39 is 0 Å². The molecule has 30 rings (SSSR count). The van der Waals surface area contributed by atoms with Crippen LogP contribution in [0.5, 0.6) is 0 Å². The molecule has 0 amide bonds. The maximum Gasteiger partial charge on any atom is 0.147 e. The molecule has 0 aliphatic heterocycles. The summed E-state index contributed by atoms with van der Waals surface area (Å²) in [6.45, 7) is 0. The van der Waals surface area contributed by atoms with Crippen LogP contribution >= 0.6 is 0 Å². The third kappa shape index (κ3) is 10.8. The van der Waals surface area contributed by atoms with Crippen molar-refractivity contribution in [3.8, 4) is 66.9 Å². The van der Waals surface area contributed by atoms with Gasteiger partial charge in [0.2, 0.25) is 0 Å². The van der Waals surface area contributed by atoms with Crippen LogP contribution in [0.1, 0.15) is 0 Å². The predicted molar refractivity (Wildman–Crippen MR) is 533 cm³/mol. The lowest BCUT2D eigenvalue weighted by Crippen LogP contribution is -1.93. The Morgan fingerprint density at radius 2 is 0.515 bits per heavy atom. The smallest absolute Gasteiger partial charge is 0.147 e. The van der Waals surface area contributed by atoms with Gasteiger partial charge in [-0.05, 0) is 164 Å². The number of pyridine rings is 3. The molecule has 0 aliphatic rings. The van der Waals surface area contributed by atoms with E-state index in [-0.39, 0.29) is 0 Å². The standard InChI is InChI=1S/C47H26N2O2.C43H24N2O2.C29H17NO2/c1-2-10-31-28(9-1)21-24-33-32-23-22-30(25-39(32)49-38-14-6-5-13-37(38)48-47(49)43(31)33)27-17-19-29(20-18-27)36-26-42-44(34-11-3-7-15-40(34)50-42)45-35-12-4-8-16-41(35)51-46(36)45;1-2-10-30-28(9-1)29-22-21-27(23-36(29)45-35-14-6-5-13-34(35)44-43(30)45)25-17-19-26(20-18-25)33-24-39-40(31-11-3-7-15-37(31)46-39)41-32-12-4-8-16-38(32)47-42(33)41;1-3-10-24-20(7-1)27-26(31-24)17-22(29-28(27)21-8-2-4-11-25(21)32-29)18-12-14-19(15-13-18)23-9-5-6-16-30-23/h1-26H;1-24H;1-17H. The highest BCUT2D eigenvalue weighted by molar-refractivity contribution is 6.32. The van der Waals surface area contributed by atoms with Gasteiger partial charge in [-0.3, -0.25) is 13.8 Å². The fourth-order valence-electron chi connectivity index (χ4n) is 20.8. The number of nitrogens with zero attached hydrogens (tertiary/aromatic N) is 5. The molecule has 0 spiro atoms. The van der Waals surface area contributed by atoms with Crippen molar-refractivity contribution in [1.82, 2.24) is 23.8 Å². The minimum atomic E-state index is 0.862. The zero-order valence-corrected chi connectivity index (χ0v) is 69.4. The second-order valence-corrected chi connectivity index (χ2v) is 33.8. The van der Waals surface area contributed by atoms with Gasteiger partial charge < -0.3 is 26.5 Å². The van der Waals surface area contributed by atoms with E-state index in [9.17, 15) is 0 Å². The van der Waals surface area contributed by atoms with Gasteiger partial charge in [-0.25, -0.2) is 9.97 Å². The summed E-state index contributed by atoms with van der Waals surface area (Å²) in [7, 11) is 0. The van der Waals surface area contributed by atoms with Crippen LogP contribution in [0.2, 0.25) is 0 Å². The number of hydrogen-bond donors (Lipinski definition) is 0. The van der Waals surface area contributed by atoms with Crippen molar-refractivity contribution in [2.45, 2.75) is 0 Å². The molecule has 0 fully saturated rings. The monoisotopic (exact) mass is 1660 g/mol. The second kappa shape index (κ2) is 27.9. The highest BCUT2D eigenvalue weighted by atomic mass is 16.4. The highest BCUT2D eigenvalue weighted by Gasteiger charge is 2.27. The van der Waals surface area contributed by atoms with Crippen LogP contribution in [0.3, 0.4) is 0 Å². The molecule has 0 bridgehead atoms. The summed E-state index contributed by atoms with van der Waals surface area (Å²) < 4.78 is 43.4. The first-order valence-electron chi connectivity index (χ1n) is 43.8. The highest BCUT2D eigenvalue weighted by Crippen LogP contribution is 2.51. The molecule has 0 aliphatic carbocycles. The Morgan fingerprint density at radius 3 is 0.962 bits per heavy atom. The summed E-state index contributed by atoms with van der Waals surface area (Å²) in [6.07, 6.45) is 1.82. The molecule has 0 radical (unpaired) electrons. The van der Waals surface area contributed by atoms with E-state index in [1.165, 1.54) is 37.7 Å². The number of furan rings is 6. The van der Waals surface area contributed by atoms with Crippen LogP contribution < -0.4 is 0 Å². The van der Waals surface area contributed by atoms with Crippen molar-refractivity contribution in [2.75, 3.05) is 0 Å². The third-order valence-electron chi connectivity index (χ3n) is 26.7. The molecule has 11 heteroatoms. The SMILES string of the molecule is c1ccc(-c2ccc(-c3cc4oc5ccccc5c4c4c3oc3ccccc34)cc2)nc1.c1ccc2c(c1)ccc1c3ccc(-c4ccc(-c5cc6oc7ccccc7c6c6c5oc5ccccc56)cc4)cc3n3c4ccccc4nc3c21.c1ccc2c(c1)nc1c3ccccc3c3ccc(-c4ccc(-c5cc6oc7ccccc7c6c6c5oc5ccccc56)cc4)cc3n21. The Hall–Kier alpha value is -17.7. The molecule has 11 heterocycles. The van der Waals surface area contributed by atoms with Crippen molar-refractivity contribution >= 4 is 219 Å². The minimum absolute atomic E-state index is 0.862. The first kappa shape index (κ1) is 71.7.